The molecule has 1 rings (SSSR count). The predicted molar refractivity (Wildman–Crippen MR) is 163 cm³/mol. The third kappa shape index (κ3) is 16.5. The van der Waals surface area contributed by atoms with Crippen molar-refractivity contribution in [2.24, 2.45) is 0 Å². The fourth-order valence-electron chi connectivity index (χ4n) is 5.01. The minimum atomic E-state index is -0.516. The van der Waals surface area contributed by atoms with Gasteiger partial charge in [-0.2, -0.15) is 0 Å². The van der Waals surface area contributed by atoms with Crippen LogP contribution >= 0.6 is 0 Å². The number of carbonyl (C=O) groups excluding carboxylic acids is 1. The zero-order valence-corrected chi connectivity index (χ0v) is 25.7. The summed E-state index contributed by atoms with van der Waals surface area (Å²) in [5.74, 6) is 0.447. The van der Waals surface area contributed by atoms with Crippen LogP contribution in [0.2, 0.25) is 0 Å². The van der Waals surface area contributed by atoms with Gasteiger partial charge in [-0.25, -0.2) is 4.79 Å². The molecule has 0 fully saturated rings. The highest BCUT2D eigenvalue weighted by Crippen LogP contribution is 2.29. The second-order valence-corrected chi connectivity index (χ2v) is 10.6. The smallest absolute Gasteiger partial charge is 0.377 e. The Morgan fingerprint density at radius 2 is 1.03 bits per heavy atom. The topological polar surface area (TPSA) is 54.0 Å². The molecule has 0 unspecified atom stereocenters. The average Bonchev–Trinajstić information content (AvgIpc) is 2.96. The van der Waals surface area contributed by atoms with Crippen LogP contribution in [0.4, 0.5) is 0 Å². The highest BCUT2D eigenvalue weighted by atomic mass is 16.6. The lowest BCUT2D eigenvalue weighted by atomic mass is 10.0. The van der Waals surface area contributed by atoms with Crippen LogP contribution in [0.1, 0.15) is 141 Å². The van der Waals surface area contributed by atoms with Gasteiger partial charge < -0.3 is 18.9 Å². The fourth-order valence-corrected chi connectivity index (χ4v) is 5.01. The maximum Gasteiger partial charge on any atom is 0.377 e. The van der Waals surface area contributed by atoms with E-state index in [4.69, 9.17) is 18.9 Å². The normalized spacial score (nSPS) is 11.7. The molecule has 0 aliphatic rings. The van der Waals surface area contributed by atoms with Gasteiger partial charge >= 0.3 is 5.97 Å². The van der Waals surface area contributed by atoms with Gasteiger partial charge in [-0.05, 0) is 18.6 Å². The molecule has 0 bridgehead atoms. The number of para-hydroxylation sites is 1. The van der Waals surface area contributed by atoms with Crippen LogP contribution in [0.5, 0.6) is 5.75 Å². The first kappa shape index (κ1) is 34.9. The van der Waals surface area contributed by atoms with Crippen molar-refractivity contribution in [3.63, 3.8) is 0 Å². The minimum absolute atomic E-state index is 0.0511. The molecular formula is C34H58O5. The Kier molecular flexibility index (Phi) is 22.2. The quantitative estimate of drug-likeness (QED) is 0.0501. The summed E-state index contributed by atoms with van der Waals surface area (Å²) in [6.45, 7) is 2.67. The van der Waals surface area contributed by atoms with Crippen molar-refractivity contribution >= 4 is 11.7 Å². The molecule has 0 radical (unpaired) electrons. The molecule has 5 nitrogen and oxygen atoms in total. The molecule has 0 atom stereocenters. The largest absolute Gasteiger partial charge is 0.496 e. The number of ether oxygens (including phenoxy) is 4. The second-order valence-electron chi connectivity index (χ2n) is 10.6. The zero-order valence-electron chi connectivity index (χ0n) is 25.7. The minimum Gasteiger partial charge on any atom is -0.496 e. The van der Waals surface area contributed by atoms with Gasteiger partial charge in [0.25, 0.3) is 0 Å². The molecule has 0 heterocycles. The predicted octanol–water partition coefficient (Wildman–Crippen LogP) is 10.0. The number of hydrogen-bond donors (Lipinski definition) is 0. The summed E-state index contributed by atoms with van der Waals surface area (Å²) < 4.78 is 21.7. The summed E-state index contributed by atoms with van der Waals surface area (Å²) in [7, 11) is 4.53. The molecule has 0 aliphatic carbocycles. The van der Waals surface area contributed by atoms with Gasteiger partial charge in [-0.3, -0.25) is 0 Å². The molecule has 39 heavy (non-hydrogen) atoms. The first-order valence-corrected chi connectivity index (χ1v) is 15.8. The lowest BCUT2D eigenvalue weighted by Gasteiger charge is -2.15. The molecule has 0 saturated heterocycles. The summed E-state index contributed by atoms with van der Waals surface area (Å²) in [6, 6.07) is 7.35. The molecule has 224 valence electrons. The van der Waals surface area contributed by atoms with Crippen molar-refractivity contribution in [2.75, 3.05) is 27.9 Å². The van der Waals surface area contributed by atoms with Crippen LogP contribution in [0.3, 0.4) is 0 Å². The molecule has 0 saturated carbocycles. The van der Waals surface area contributed by atoms with Gasteiger partial charge in [0.1, 0.15) is 5.75 Å². The number of benzene rings is 1. The number of unbranched alkanes of at least 4 members (excludes halogenated alkanes) is 19. The third-order valence-electron chi connectivity index (χ3n) is 7.38. The SMILES string of the molecule is CCCCCCCCCCCCCCCCCCCCCCOC(=O)C(OC)=C(OC)c1ccccc1OC. The van der Waals surface area contributed by atoms with E-state index in [1.807, 2.05) is 24.3 Å². The van der Waals surface area contributed by atoms with E-state index in [9.17, 15) is 4.79 Å². The Labute approximate surface area is 240 Å². The van der Waals surface area contributed by atoms with Crippen LogP contribution in [0, 0.1) is 0 Å². The molecule has 0 spiro atoms. The van der Waals surface area contributed by atoms with E-state index in [0.29, 0.717) is 23.7 Å². The van der Waals surface area contributed by atoms with Crippen molar-refractivity contribution < 1.29 is 23.7 Å². The highest BCUT2D eigenvalue weighted by molar-refractivity contribution is 5.94. The lowest BCUT2D eigenvalue weighted by Crippen LogP contribution is -2.13. The summed E-state index contributed by atoms with van der Waals surface area (Å²) in [5.41, 5.74) is 0.648. The average molecular weight is 547 g/mol. The van der Waals surface area contributed by atoms with Crippen LogP contribution in [-0.2, 0) is 19.0 Å². The van der Waals surface area contributed by atoms with Crippen molar-refractivity contribution in [3.8, 4) is 5.75 Å². The molecule has 1 aromatic rings. The van der Waals surface area contributed by atoms with Crippen molar-refractivity contribution in [1.82, 2.24) is 0 Å². The summed E-state index contributed by atoms with van der Waals surface area (Å²) in [5, 5.41) is 0. The standard InChI is InChI=1S/C34H58O5/c1-5-6-7-8-9-10-11-12-13-14-15-16-17-18-19-20-21-22-23-26-29-39-34(35)33(38-4)32(37-3)30-27-24-25-28-31(30)36-2/h24-25,27-28H,5-23,26,29H2,1-4H3. The van der Waals surface area contributed by atoms with Gasteiger partial charge in [-0.1, -0.05) is 141 Å². The van der Waals surface area contributed by atoms with Crippen molar-refractivity contribution in [3.05, 3.63) is 35.6 Å². The number of carbonyl (C=O) groups is 1. The Bertz CT molecular complexity index is 758. The lowest BCUT2D eigenvalue weighted by molar-refractivity contribution is -0.142. The molecule has 5 heteroatoms. The van der Waals surface area contributed by atoms with E-state index in [2.05, 4.69) is 6.92 Å². The van der Waals surface area contributed by atoms with E-state index in [1.165, 1.54) is 130 Å². The molecule has 0 N–H and O–H groups in total. The Balaban J connectivity index is 2.01. The number of rotatable bonds is 26. The summed E-state index contributed by atoms with van der Waals surface area (Å²) >= 11 is 0. The first-order chi connectivity index (χ1) is 19.2. The van der Waals surface area contributed by atoms with Gasteiger partial charge in [0.05, 0.1) is 33.5 Å². The van der Waals surface area contributed by atoms with Crippen LogP contribution in [0.25, 0.3) is 5.76 Å². The highest BCUT2D eigenvalue weighted by Gasteiger charge is 2.22. The number of methoxy groups -OCH3 is 3. The van der Waals surface area contributed by atoms with E-state index in [1.54, 1.807) is 7.11 Å². The monoisotopic (exact) mass is 546 g/mol. The van der Waals surface area contributed by atoms with Crippen LogP contribution in [0.15, 0.2) is 30.0 Å². The van der Waals surface area contributed by atoms with Crippen molar-refractivity contribution in [2.45, 2.75) is 135 Å². The number of esters is 1. The van der Waals surface area contributed by atoms with Gasteiger partial charge in [-0.15, -0.1) is 0 Å². The van der Waals surface area contributed by atoms with Gasteiger partial charge in [0.2, 0.25) is 5.76 Å². The maximum absolute atomic E-state index is 12.6. The van der Waals surface area contributed by atoms with Crippen LogP contribution < -0.4 is 4.74 Å². The summed E-state index contributed by atoms with van der Waals surface area (Å²) in [6.07, 6.45) is 26.9. The summed E-state index contributed by atoms with van der Waals surface area (Å²) in [4.78, 5) is 12.6. The second kappa shape index (κ2) is 24.8. The van der Waals surface area contributed by atoms with Gasteiger partial charge in [0.15, 0.2) is 5.76 Å². The van der Waals surface area contributed by atoms with Crippen molar-refractivity contribution in [1.29, 1.82) is 0 Å². The molecule has 0 amide bonds. The van der Waals surface area contributed by atoms with E-state index >= 15 is 0 Å². The Hall–Kier alpha value is -2.17. The Morgan fingerprint density at radius 3 is 1.44 bits per heavy atom. The van der Waals surface area contributed by atoms with Crippen LogP contribution in [-0.4, -0.2) is 33.9 Å². The Morgan fingerprint density at radius 1 is 0.590 bits per heavy atom. The molecule has 1 aromatic carbocycles. The van der Waals surface area contributed by atoms with E-state index < -0.39 is 5.97 Å². The zero-order chi connectivity index (χ0) is 28.4. The third-order valence-corrected chi connectivity index (χ3v) is 7.38. The van der Waals surface area contributed by atoms with Gasteiger partial charge in [0, 0.05) is 0 Å². The fraction of sp³-hybridized carbons (Fsp3) is 0.735. The molecule has 0 aromatic heterocycles. The molecule has 0 aliphatic heterocycles. The van der Waals surface area contributed by atoms with E-state index in [0.717, 1.165) is 12.8 Å². The maximum atomic E-state index is 12.6. The first-order valence-electron chi connectivity index (χ1n) is 15.8. The molecular weight excluding hydrogens is 488 g/mol. The number of hydrogen-bond acceptors (Lipinski definition) is 5. The van der Waals surface area contributed by atoms with E-state index in [-0.39, 0.29) is 5.76 Å².